The normalized spacial score (nSPS) is 16.5. The lowest BCUT2D eigenvalue weighted by molar-refractivity contribution is -0.114. The van der Waals surface area contributed by atoms with E-state index >= 15 is 0 Å². The Balaban J connectivity index is 1.57. The van der Waals surface area contributed by atoms with Gasteiger partial charge >= 0.3 is 6.16 Å². The van der Waals surface area contributed by atoms with Crippen LogP contribution in [0.3, 0.4) is 0 Å². The highest BCUT2D eigenvalue weighted by atomic mass is 35.5. The zero-order chi connectivity index (χ0) is 21.3. The Morgan fingerprint density at radius 1 is 0.633 bits per heavy atom. The predicted octanol–water partition coefficient (Wildman–Crippen LogP) is 5.99. The van der Waals surface area contributed by atoms with Crippen molar-refractivity contribution in [3.05, 3.63) is 81.2 Å². The molecule has 0 saturated carbocycles. The molecule has 0 N–H and O–H groups in total. The Hall–Kier alpha value is -2.89. The van der Waals surface area contributed by atoms with Gasteiger partial charge in [-0.3, -0.25) is 9.59 Å². The summed E-state index contributed by atoms with van der Waals surface area (Å²) >= 11 is 11.8. The molecule has 5 nitrogen and oxygen atoms in total. The molecule has 2 aromatic rings. The number of carbonyl (C=O) groups is 3. The zero-order valence-electron chi connectivity index (χ0n) is 15.7. The predicted molar refractivity (Wildman–Crippen MR) is 113 cm³/mol. The highest BCUT2D eigenvalue weighted by Gasteiger charge is 2.31. The van der Waals surface area contributed by atoms with Gasteiger partial charge in [0.25, 0.3) is 0 Å². The highest BCUT2D eigenvalue weighted by molar-refractivity contribution is 6.31. The molecule has 0 amide bonds. The number of hydrogen-bond acceptors (Lipinski definition) is 5. The molecule has 0 heterocycles. The van der Waals surface area contributed by atoms with Crippen LogP contribution in [-0.4, -0.2) is 17.7 Å². The van der Waals surface area contributed by atoms with Crippen LogP contribution in [0.5, 0.6) is 0 Å². The first kappa shape index (κ1) is 20.4. The van der Waals surface area contributed by atoms with Crippen molar-refractivity contribution in [2.45, 2.75) is 25.7 Å². The summed E-state index contributed by atoms with van der Waals surface area (Å²) in [6, 6.07) is 13.5. The summed E-state index contributed by atoms with van der Waals surface area (Å²) < 4.78 is 10.8. The van der Waals surface area contributed by atoms with E-state index in [-0.39, 0.29) is 35.9 Å². The number of hydrogen-bond donors (Lipinski definition) is 0. The van der Waals surface area contributed by atoms with Crippen LogP contribution in [0.4, 0.5) is 4.79 Å². The minimum absolute atomic E-state index is 0.114. The Morgan fingerprint density at radius 2 is 1.00 bits per heavy atom. The molecule has 2 aliphatic rings. The minimum atomic E-state index is -0.970. The average Bonchev–Trinajstić information content (AvgIpc) is 3.26. The summed E-state index contributed by atoms with van der Waals surface area (Å²) in [5, 5.41) is 1.08. The third-order valence-corrected chi connectivity index (χ3v) is 5.46. The van der Waals surface area contributed by atoms with E-state index < -0.39 is 6.16 Å². The quantitative estimate of drug-likeness (QED) is 0.543. The molecule has 2 aliphatic carbocycles. The van der Waals surface area contributed by atoms with E-state index in [2.05, 4.69) is 0 Å². The van der Waals surface area contributed by atoms with E-state index in [0.29, 0.717) is 45.2 Å². The van der Waals surface area contributed by atoms with E-state index in [1.807, 2.05) is 0 Å². The van der Waals surface area contributed by atoms with Crippen molar-refractivity contribution < 1.29 is 23.9 Å². The van der Waals surface area contributed by atoms with E-state index in [1.54, 1.807) is 48.5 Å². The fourth-order valence-electron chi connectivity index (χ4n) is 3.57. The van der Waals surface area contributed by atoms with E-state index in [0.717, 1.165) is 0 Å². The Kier molecular flexibility index (Phi) is 5.75. The summed E-state index contributed by atoms with van der Waals surface area (Å²) in [6.45, 7) is 0. The molecule has 7 heteroatoms. The first-order valence-electron chi connectivity index (χ1n) is 9.36. The number of carbonyl (C=O) groups excluding carboxylic acids is 3. The van der Waals surface area contributed by atoms with Crippen molar-refractivity contribution in [1.82, 2.24) is 0 Å². The summed E-state index contributed by atoms with van der Waals surface area (Å²) in [5.74, 6) is 0.282. The topological polar surface area (TPSA) is 69.7 Å². The van der Waals surface area contributed by atoms with Gasteiger partial charge in [0.15, 0.2) is 11.6 Å². The van der Waals surface area contributed by atoms with E-state index in [4.69, 9.17) is 32.7 Å². The monoisotopic (exact) mass is 442 g/mol. The SMILES string of the molecule is O=C(OC1=C(c2ccc(Cl)cc2)C(=O)CC1)OC1=C(c2ccc(Cl)cc2)C(=O)CC1. The molecule has 0 aliphatic heterocycles. The summed E-state index contributed by atoms with van der Waals surface area (Å²) in [5.41, 5.74) is 1.94. The molecule has 4 rings (SSSR count). The van der Waals surface area contributed by atoms with E-state index in [9.17, 15) is 14.4 Å². The molecule has 152 valence electrons. The molecule has 2 aromatic carbocycles. The molecule has 0 bridgehead atoms. The summed E-state index contributed by atoms with van der Waals surface area (Å²) in [6.07, 6.45) is 0.125. The maximum absolute atomic E-state index is 12.5. The molecule has 0 atom stereocenters. The minimum Gasteiger partial charge on any atom is -0.398 e. The second kappa shape index (κ2) is 8.46. The lowest BCUT2D eigenvalue weighted by Gasteiger charge is -2.10. The van der Waals surface area contributed by atoms with Gasteiger partial charge in [-0.2, -0.15) is 0 Å². The molecule has 0 unspecified atom stereocenters. The Labute approximate surface area is 182 Å². The number of allylic oxidation sites excluding steroid dienone is 4. The van der Waals surface area contributed by atoms with Gasteiger partial charge in [0.05, 0.1) is 11.1 Å². The molecular formula is C23H16Cl2O5. The highest BCUT2D eigenvalue weighted by Crippen LogP contribution is 2.35. The van der Waals surface area contributed by atoms with Gasteiger partial charge in [0.2, 0.25) is 0 Å². The molecule has 0 aromatic heterocycles. The van der Waals surface area contributed by atoms with Crippen LogP contribution in [-0.2, 0) is 19.1 Å². The van der Waals surface area contributed by atoms with Crippen molar-refractivity contribution in [1.29, 1.82) is 0 Å². The van der Waals surface area contributed by atoms with Crippen LogP contribution < -0.4 is 0 Å². The smallest absolute Gasteiger partial charge is 0.398 e. The lowest BCUT2D eigenvalue weighted by atomic mass is 10.0. The number of Topliss-reactive ketones (excluding diaryl/α,β-unsaturated/α-hetero) is 2. The molecule has 0 saturated heterocycles. The second-order valence-corrected chi connectivity index (χ2v) is 7.78. The van der Waals surface area contributed by atoms with Crippen molar-refractivity contribution in [3.63, 3.8) is 0 Å². The van der Waals surface area contributed by atoms with Crippen molar-refractivity contribution in [2.75, 3.05) is 0 Å². The first-order chi connectivity index (χ1) is 14.4. The van der Waals surface area contributed by atoms with Gasteiger partial charge in [0, 0.05) is 35.7 Å². The van der Waals surface area contributed by atoms with Crippen molar-refractivity contribution in [2.24, 2.45) is 0 Å². The zero-order valence-corrected chi connectivity index (χ0v) is 17.3. The van der Waals surface area contributed by atoms with Crippen LogP contribution in [0.25, 0.3) is 11.1 Å². The van der Waals surface area contributed by atoms with Crippen LogP contribution in [0.15, 0.2) is 60.0 Å². The van der Waals surface area contributed by atoms with Crippen molar-refractivity contribution in [3.8, 4) is 0 Å². The van der Waals surface area contributed by atoms with Gasteiger partial charge in [-0.1, -0.05) is 47.5 Å². The van der Waals surface area contributed by atoms with Gasteiger partial charge in [-0.25, -0.2) is 4.79 Å². The number of rotatable bonds is 4. The molecular weight excluding hydrogens is 427 g/mol. The lowest BCUT2D eigenvalue weighted by Crippen LogP contribution is -2.08. The standard InChI is InChI=1S/C23H16Cl2O5/c24-15-5-1-13(2-6-15)21-17(26)9-11-19(21)29-23(28)30-20-12-10-18(27)22(20)14-3-7-16(25)8-4-14/h1-8H,9-12H2. The molecule has 30 heavy (non-hydrogen) atoms. The van der Waals surface area contributed by atoms with Crippen LogP contribution in [0.2, 0.25) is 10.0 Å². The number of benzene rings is 2. The number of ether oxygens (including phenoxy) is 2. The van der Waals surface area contributed by atoms with Gasteiger partial charge in [-0.15, -0.1) is 0 Å². The van der Waals surface area contributed by atoms with Gasteiger partial charge < -0.3 is 9.47 Å². The van der Waals surface area contributed by atoms with E-state index in [1.165, 1.54) is 0 Å². The third kappa shape index (κ3) is 4.18. The largest absolute Gasteiger partial charge is 0.518 e. The summed E-state index contributed by atoms with van der Waals surface area (Å²) in [4.78, 5) is 37.1. The molecule has 0 fully saturated rings. The fraction of sp³-hybridized carbons (Fsp3) is 0.174. The molecule has 0 radical (unpaired) electrons. The van der Waals surface area contributed by atoms with Crippen LogP contribution in [0, 0.1) is 0 Å². The van der Waals surface area contributed by atoms with Crippen molar-refractivity contribution >= 4 is 52.1 Å². The van der Waals surface area contributed by atoms with Crippen LogP contribution >= 0.6 is 23.2 Å². The summed E-state index contributed by atoms with van der Waals surface area (Å²) in [7, 11) is 0. The first-order valence-corrected chi connectivity index (χ1v) is 10.1. The second-order valence-electron chi connectivity index (χ2n) is 6.91. The third-order valence-electron chi connectivity index (χ3n) is 4.95. The number of ketones is 2. The Bertz CT molecular complexity index is 1010. The fourth-order valence-corrected chi connectivity index (χ4v) is 3.82. The number of halogens is 2. The van der Waals surface area contributed by atoms with Crippen LogP contribution in [0.1, 0.15) is 36.8 Å². The molecule has 0 spiro atoms. The average molecular weight is 443 g/mol. The van der Waals surface area contributed by atoms with Gasteiger partial charge in [-0.05, 0) is 35.4 Å². The van der Waals surface area contributed by atoms with Gasteiger partial charge in [0.1, 0.15) is 11.5 Å². The Morgan fingerprint density at radius 3 is 1.37 bits per heavy atom. The maximum Gasteiger partial charge on any atom is 0.518 e. The maximum atomic E-state index is 12.5.